The zero-order valence-electron chi connectivity index (χ0n) is 25.8. The van der Waals surface area contributed by atoms with Crippen molar-refractivity contribution in [2.75, 3.05) is 6.66 Å². The Bertz CT molecular complexity index is 2080. The third kappa shape index (κ3) is 5.81. The molecule has 0 N–H and O–H groups in total. The van der Waals surface area contributed by atoms with E-state index >= 15 is 0 Å². The molecule has 3 aromatic heterocycles. The largest absolute Gasteiger partial charge is 0.457 e. The summed E-state index contributed by atoms with van der Waals surface area (Å²) in [5, 5.41) is 2.29. The van der Waals surface area contributed by atoms with Gasteiger partial charge in [-0.05, 0) is 66.7 Å². The summed E-state index contributed by atoms with van der Waals surface area (Å²) in [5.41, 5.74) is 3.05. The molecule has 4 aromatic carbocycles. The van der Waals surface area contributed by atoms with Gasteiger partial charge < -0.3 is 18.9 Å². The molecular weight excluding hydrogens is 619 g/mol. The highest BCUT2D eigenvalue weighted by Crippen LogP contribution is 2.59. The van der Waals surface area contributed by atoms with Gasteiger partial charge in [0.15, 0.2) is 7.26 Å². The molecule has 0 radical (unpaired) electrons. The quantitative estimate of drug-likeness (QED) is 0.145. The standard InChI is InChI=1S/C39H28N4O4P/c1-48(39-42-21-8-22-43-39)35-25-31(44-27-9-6-11-29(23-27)46-37-13-2-4-19-40-37)15-17-33(35)34-18-16-32(26-36(34)48)45-28-10-7-12-30(24-28)47-38-14-3-5-20-41-38/h2-26H,1H3/q+1. The minimum Gasteiger partial charge on any atom is -0.457 e. The molecule has 48 heavy (non-hydrogen) atoms. The third-order valence-corrected chi connectivity index (χ3v) is 11.6. The lowest BCUT2D eigenvalue weighted by molar-refractivity contribution is 0.448. The molecule has 8 rings (SSSR count). The SMILES string of the molecule is C[P+]1(c2ncccn2)c2cc(Oc3cccc(Oc4ccccn4)c3)ccc2-c2ccc(Oc3cccc(Oc4ccccn4)c3)cc21. The number of ether oxygens (including phenoxy) is 4. The second kappa shape index (κ2) is 12.6. The predicted octanol–water partition coefficient (Wildman–Crippen LogP) is 8.34. The van der Waals surface area contributed by atoms with Crippen LogP contribution in [-0.2, 0) is 0 Å². The van der Waals surface area contributed by atoms with E-state index in [1.165, 1.54) is 0 Å². The summed E-state index contributed by atoms with van der Waals surface area (Å²) in [6.45, 7) is 2.25. The van der Waals surface area contributed by atoms with Gasteiger partial charge in [-0.2, -0.15) is 0 Å². The van der Waals surface area contributed by atoms with Crippen molar-refractivity contribution in [2.24, 2.45) is 0 Å². The lowest BCUT2D eigenvalue weighted by Crippen LogP contribution is -2.30. The first-order chi connectivity index (χ1) is 23.6. The Morgan fingerprint density at radius 3 is 1.29 bits per heavy atom. The van der Waals surface area contributed by atoms with Crippen molar-refractivity contribution in [1.82, 2.24) is 19.9 Å². The zero-order valence-corrected chi connectivity index (χ0v) is 26.7. The van der Waals surface area contributed by atoms with Gasteiger partial charge in [-0.15, -0.1) is 0 Å². The molecule has 8 nitrogen and oxygen atoms in total. The van der Waals surface area contributed by atoms with Gasteiger partial charge in [0.25, 0.3) is 5.57 Å². The van der Waals surface area contributed by atoms with Crippen molar-refractivity contribution in [1.29, 1.82) is 0 Å². The number of fused-ring (bicyclic) bond motifs is 3. The molecule has 0 atom stereocenters. The molecule has 9 heteroatoms. The van der Waals surface area contributed by atoms with Crippen molar-refractivity contribution in [2.45, 2.75) is 0 Å². The summed E-state index contributed by atoms with van der Waals surface area (Å²) in [7, 11) is -2.27. The lowest BCUT2D eigenvalue weighted by Gasteiger charge is -2.18. The Balaban J connectivity index is 1.11. The number of benzene rings is 4. The monoisotopic (exact) mass is 647 g/mol. The number of nitrogens with zero attached hydrogens (tertiary/aromatic N) is 4. The minimum atomic E-state index is -2.27. The molecule has 0 unspecified atom stereocenters. The van der Waals surface area contributed by atoms with Crippen LogP contribution in [-0.4, -0.2) is 26.6 Å². The van der Waals surface area contributed by atoms with Crippen LogP contribution >= 0.6 is 7.26 Å². The van der Waals surface area contributed by atoms with E-state index < -0.39 is 7.26 Å². The molecule has 7 aromatic rings. The fourth-order valence-corrected chi connectivity index (χ4v) is 9.15. The molecule has 0 spiro atoms. The Kier molecular flexibility index (Phi) is 7.69. The van der Waals surface area contributed by atoms with E-state index in [1.807, 2.05) is 103 Å². The fourth-order valence-electron chi connectivity index (χ4n) is 5.74. The van der Waals surface area contributed by atoms with Crippen LogP contribution in [0, 0.1) is 0 Å². The van der Waals surface area contributed by atoms with Gasteiger partial charge in [0.05, 0.1) is 6.66 Å². The number of hydrogen-bond donors (Lipinski definition) is 0. The van der Waals surface area contributed by atoms with Crippen molar-refractivity contribution in [3.8, 4) is 57.4 Å². The molecule has 0 aliphatic carbocycles. The zero-order chi connectivity index (χ0) is 32.3. The highest BCUT2D eigenvalue weighted by atomic mass is 31.2. The van der Waals surface area contributed by atoms with E-state index in [-0.39, 0.29) is 0 Å². The molecule has 0 amide bonds. The highest BCUT2D eigenvalue weighted by molar-refractivity contribution is 7.95. The number of aromatic nitrogens is 4. The smallest absolute Gasteiger partial charge is 0.286 e. The minimum absolute atomic E-state index is 0.516. The first kappa shape index (κ1) is 29.3. The van der Waals surface area contributed by atoms with Crippen LogP contribution in [0.5, 0.6) is 46.3 Å². The van der Waals surface area contributed by atoms with Crippen molar-refractivity contribution < 1.29 is 18.9 Å². The van der Waals surface area contributed by atoms with Gasteiger partial charge in [0.2, 0.25) is 11.8 Å². The lowest BCUT2D eigenvalue weighted by atomic mass is 10.1. The first-order valence-electron chi connectivity index (χ1n) is 15.3. The summed E-state index contributed by atoms with van der Waals surface area (Å²) in [5.74, 6) is 5.02. The second-order valence-electron chi connectivity index (χ2n) is 11.1. The Morgan fingerprint density at radius 2 is 0.833 bits per heavy atom. The summed E-state index contributed by atoms with van der Waals surface area (Å²) in [6.07, 6.45) is 6.99. The van der Waals surface area contributed by atoms with E-state index in [2.05, 4.69) is 40.9 Å². The average molecular weight is 648 g/mol. The van der Waals surface area contributed by atoms with Crippen LogP contribution < -0.4 is 35.1 Å². The summed E-state index contributed by atoms with van der Waals surface area (Å²) >= 11 is 0. The van der Waals surface area contributed by atoms with Crippen LogP contribution in [0.15, 0.2) is 152 Å². The molecule has 0 bridgehead atoms. The molecule has 0 saturated carbocycles. The molecule has 1 aliphatic rings. The van der Waals surface area contributed by atoms with Crippen molar-refractivity contribution >= 4 is 23.4 Å². The van der Waals surface area contributed by atoms with Gasteiger partial charge in [-0.1, -0.05) is 24.3 Å². The number of hydrogen-bond acceptors (Lipinski definition) is 8. The van der Waals surface area contributed by atoms with Gasteiger partial charge in [0.1, 0.15) is 45.1 Å². The molecule has 232 valence electrons. The van der Waals surface area contributed by atoms with Gasteiger partial charge in [-0.3, -0.25) is 0 Å². The van der Waals surface area contributed by atoms with Gasteiger partial charge >= 0.3 is 0 Å². The maximum Gasteiger partial charge on any atom is 0.286 e. The normalized spacial score (nSPS) is 12.4. The van der Waals surface area contributed by atoms with Gasteiger partial charge in [-0.25, -0.2) is 19.9 Å². The van der Waals surface area contributed by atoms with Crippen LogP contribution in [0.3, 0.4) is 0 Å². The second-order valence-corrected chi connectivity index (χ2v) is 14.5. The van der Waals surface area contributed by atoms with Crippen molar-refractivity contribution in [3.05, 3.63) is 152 Å². The maximum absolute atomic E-state index is 6.40. The summed E-state index contributed by atoms with van der Waals surface area (Å²) in [6, 6.07) is 40.4. The van der Waals surface area contributed by atoms with E-state index in [4.69, 9.17) is 28.9 Å². The van der Waals surface area contributed by atoms with Crippen LogP contribution in [0.1, 0.15) is 0 Å². The summed E-state index contributed by atoms with van der Waals surface area (Å²) in [4.78, 5) is 18.0. The Morgan fingerprint density at radius 1 is 0.396 bits per heavy atom. The Hall–Kier alpha value is -6.11. The van der Waals surface area contributed by atoms with Crippen LogP contribution in [0.2, 0.25) is 0 Å². The maximum atomic E-state index is 6.40. The van der Waals surface area contributed by atoms with Crippen LogP contribution in [0.4, 0.5) is 0 Å². The number of rotatable bonds is 9. The van der Waals surface area contributed by atoms with E-state index in [0.717, 1.165) is 27.3 Å². The van der Waals surface area contributed by atoms with E-state index in [0.29, 0.717) is 46.3 Å². The molecular formula is C39H28N4O4P+. The highest BCUT2D eigenvalue weighted by Gasteiger charge is 2.52. The third-order valence-electron chi connectivity index (χ3n) is 7.95. The summed E-state index contributed by atoms with van der Waals surface area (Å²) < 4.78 is 24.7. The predicted molar refractivity (Wildman–Crippen MR) is 187 cm³/mol. The topological polar surface area (TPSA) is 88.5 Å². The van der Waals surface area contributed by atoms with E-state index in [9.17, 15) is 0 Å². The molecule has 1 aliphatic heterocycles. The average Bonchev–Trinajstić information content (AvgIpc) is 3.37. The van der Waals surface area contributed by atoms with E-state index in [1.54, 1.807) is 24.8 Å². The van der Waals surface area contributed by atoms with Crippen molar-refractivity contribution in [3.63, 3.8) is 0 Å². The fraction of sp³-hybridized carbons (Fsp3) is 0.0256. The Labute approximate surface area is 278 Å². The van der Waals surface area contributed by atoms with Gasteiger partial charge in [0, 0.05) is 72.3 Å². The molecule has 0 fully saturated rings. The molecule has 0 saturated heterocycles. The first-order valence-corrected chi connectivity index (χ1v) is 17.5. The van der Waals surface area contributed by atoms with Crippen LogP contribution in [0.25, 0.3) is 11.1 Å². The molecule has 4 heterocycles. The number of pyridine rings is 2.